The normalized spacial score (nSPS) is 17.6. The fraction of sp³-hybridized carbons (Fsp3) is 0.615. The van der Waals surface area contributed by atoms with E-state index in [4.69, 9.17) is 4.74 Å². The number of rotatable bonds is 3. The summed E-state index contributed by atoms with van der Waals surface area (Å²) >= 11 is 0. The first-order valence-corrected chi connectivity index (χ1v) is 7.19. The van der Waals surface area contributed by atoms with Crippen LogP contribution in [0, 0.1) is 0 Å². The molecule has 0 aliphatic carbocycles. The van der Waals surface area contributed by atoms with Crippen molar-refractivity contribution in [1.82, 2.24) is 24.3 Å². The lowest BCUT2D eigenvalue weighted by atomic mass is 10.2. The predicted molar refractivity (Wildman–Crippen MR) is 72.2 cm³/mol. The molecule has 0 atom stereocenters. The number of ether oxygens (including phenoxy) is 1. The fourth-order valence-electron chi connectivity index (χ4n) is 2.91. The van der Waals surface area contributed by atoms with Gasteiger partial charge >= 0.3 is 0 Å². The van der Waals surface area contributed by atoms with Crippen molar-refractivity contribution < 1.29 is 4.74 Å². The highest BCUT2D eigenvalue weighted by atomic mass is 16.5. The number of nitrogens with one attached hydrogen (secondary N) is 1. The summed E-state index contributed by atoms with van der Waals surface area (Å²) in [4.78, 5) is 4.40. The van der Waals surface area contributed by atoms with E-state index in [1.54, 1.807) is 0 Å². The van der Waals surface area contributed by atoms with E-state index in [1.807, 2.05) is 6.20 Å². The zero-order valence-corrected chi connectivity index (χ0v) is 11.4. The Morgan fingerprint density at radius 1 is 1.15 bits per heavy atom. The summed E-state index contributed by atoms with van der Waals surface area (Å²) in [5.41, 5.74) is 1.18. The molecule has 7 heteroatoms. The average Bonchev–Trinajstić information content (AvgIpc) is 3.09. The Kier molecular flexibility index (Phi) is 2.91. The highest BCUT2D eigenvalue weighted by molar-refractivity contribution is 5.28. The van der Waals surface area contributed by atoms with Gasteiger partial charge in [0.15, 0.2) is 0 Å². The Morgan fingerprint density at radius 3 is 3.15 bits per heavy atom. The first-order valence-electron chi connectivity index (χ1n) is 7.19. The molecule has 0 radical (unpaired) electrons. The quantitative estimate of drug-likeness (QED) is 0.902. The summed E-state index contributed by atoms with van der Waals surface area (Å²) in [7, 11) is 0. The van der Waals surface area contributed by atoms with Gasteiger partial charge in [-0.1, -0.05) is 0 Å². The largest absolute Gasteiger partial charge is 0.372 e. The zero-order chi connectivity index (χ0) is 13.4. The van der Waals surface area contributed by atoms with Crippen molar-refractivity contribution in [3.8, 4) is 0 Å². The van der Waals surface area contributed by atoms with E-state index in [-0.39, 0.29) is 0 Å². The molecule has 106 valence electrons. The molecule has 0 saturated heterocycles. The lowest BCUT2D eigenvalue weighted by Crippen LogP contribution is -2.20. The maximum absolute atomic E-state index is 5.40. The highest BCUT2D eigenvalue weighted by Crippen LogP contribution is 2.18. The van der Waals surface area contributed by atoms with Crippen molar-refractivity contribution in [3.05, 3.63) is 23.5 Å². The fourth-order valence-corrected chi connectivity index (χ4v) is 2.91. The molecule has 2 aliphatic heterocycles. The molecule has 0 unspecified atom stereocenters. The van der Waals surface area contributed by atoms with Crippen LogP contribution in [0.15, 0.2) is 6.20 Å². The number of imidazole rings is 1. The van der Waals surface area contributed by atoms with Crippen molar-refractivity contribution in [2.75, 3.05) is 11.9 Å². The van der Waals surface area contributed by atoms with Crippen LogP contribution in [0.3, 0.4) is 0 Å². The molecular weight excluding hydrogens is 256 g/mol. The van der Waals surface area contributed by atoms with Crippen LogP contribution in [0.5, 0.6) is 0 Å². The van der Waals surface area contributed by atoms with Crippen molar-refractivity contribution >= 4 is 5.95 Å². The SMILES string of the molecule is c1nc2n(c1CNc1nnc3n1CCCC3)CCOC2. The summed E-state index contributed by atoms with van der Waals surface area (Å²) in [5, 5.41) is 11.9. The molecule has 0 spiro atoms. The molecule has 2 aromatic rings. The standard InChI is InChI=1S/C13H18N6O/c1-2-4-19-11(3-1)16-17-13(19)15-8-10-7-14-12-9-20-6-5-18(10)12/h7H,1-6,8-9H2,(H,15,17). The molecule has 4 heterocycles. The van der Waals surface area contributed by atoms with Gasteiger partial charge in [0.05, 0.1) is 25.0 Å². The Balaban J connectivity index is 1.50. The van der Waals surface area contributed by atoms with E-state index in [0.29, 0.717) is 6.61 Å². The number of fused-ring (bicyclic) bond motifs is 2. The Morgan fingerprint density at radius 2 is 2.15 bits per heavy atom. The minimum atomic E-state index is 0.611. The van der Waals surface area contributed by atoms with E-state index >= 15 is 0 Å². The smallest absolute Gasteiger partial charge is 0.224 e. The van der Waals surface area contributed by atoms with Gasteiger partial charge in [0.25, 0.3) is 0 Å². The van der Waals surface area contributed by atoms with Gasteiger partial charge < -0.3 is 14.6 Å². The molecule has 4 rings (SSSR count). The van der Waals surface area contributed by atoms with E-state index in [0.717, 1.165) is 50.3 Å². The highest BCUT2D eigenvalue weighted by Gasteiger charge is 2.17. The van der Waals surface area contributed by atoms with Crippen molar-refractivity contribution in [1.29, 1.82) is 0 Å². The lowest BCUT2D eigenvalue weighted by Gasteiger charge is -2.18. The molecule has 2 aliphatic rings. The van der Waals surface area contributed by atoms with Crippen LogP contribution in [-0.4, -0.2) is 30.9 Å². The average molecular weight is 274 g/mol. The second-order valence-electron chi connectivity index (χ2n) is 5.27. The number of nitrogens with zero attached hydrogens (tertiary/aromatic N) is 5. The molecule has 0 bridgehead atoms. The molecule has 0 amide bonds. The number of anilines is 1. The van der Waals surface area contributed by atoms with E-state index in [1.165, 1.54) is 18.5 Å². The van der Waals surface area contributed by atoms with Gasteiger partial charge in [-0.2, -0.15) is 0 Å². The van der Waals surface area contributed by atoms with Crippen molar-refractivity contribution in [2.45, 2.75) is 45.5 Å². The Labute approximate surface area is 117 Å². The lowest BCUT2D eigenvalue weighted by molar-refractivity contribution is 0.0807. The molecule has 0 aromatic carbocycles. The monoisotopic (exact) mass is 274 g/mol. The second kappa shape index (κ2) is 4.90. The predicted octanol–water partition coefficient (Wildman–Crippen LogP) is 0.953. The summed E-state index contributed by atoms with van der Waals surface area (Å²) in [5.74, 6) is 2.99. The minimum absolute atomic E-state index is 0.611. The van der Waals surface area contributed by atoms with Gasteiger partial charge in [-0.15, -0.1) is 10.2 Å². The third kappa shape index (κ3) is 1.98. The maximum atomic E-state index is 5.40. The summed E-state index contributed by atoms with van der Waals surface area (Å²) in [6.45, 7) is 4.00. The summed E-state index contributed by atoms with van der Waals surface area (Å²) in [6.07, 6.45) is 5.38. The number of aromatic nitrogens is 5. The van der Waals surface area contributed by atoms with E-state index < -0.39 is 0 Å². The van der Waals surface area contributed by atoms with Gasteiger partial charge in [0, 0.05) is 19.5 Å². The topological polar surface area (TPSA) is 69.8 Å². The first-order chi connectivity index (χ1) is 9.92. The molecule has 1 N–H and O–H groups in total. The van der Waals surface area contributed by atoms with Gasteiger partial charge in [-0.3, -0.25) is 4.57 Å². The molecule has 2 aromatic heterocycles. The first kappa shape index (κ1) is 11.9. The zero-order valence-electron chi connectivity index (χ0n) is 11.4. The van der Waals surface area contributed by atoms with E-state index in [9.17, 15) is 0 Å². The number of hydrogen-bond acceptors (Lipinski definition) is 5. The van der Waals surface area contributed by atoms with Crippen LogP contribution in [0.25, 0.3) is 0 Å². The van der Waals surface area contributed by atoms with Crippen molar-refractivity contribution in [3.63, 3.8) is 0 Å². The Hall–Kier alpha value is -1.89. The summed E-state index contributed by atoms with van der Waals surface area (Å²) < 4.78 is 9.82. The van der Waals surface area contributed by atoms with Crippen LogP contribution < -0.4 is 5.32 Å². The molecule has 20 heavy (non-hydrogen) atoms. The van der Waals surface area contributed by atoms with Gasteiger partial charge in [-0.05, 0) is 12.8 Å². The van der Waals surface area contributed by atoms with Crippen LogP contribution in [-0.2, 0) is 37.4 Å². The third-order valence-corrected chi connectivity index (χ3v) is 4.00. The second-order valence-corrected chi connectivity index (χ2v) is 5.27. The molecular formula is C13H18N6O. The maximum Gasteiger partial charge on any atom is 0.224 e. The minimum Gasteiger partial charge on any atom is -0.372 e. The van der Waals surface area contributed by atoms with Gasteiger partial charge in [-0.25, -0.2) is 4.98 Å². The molecule has 0 saturated carbocycles. The van der Waals surface area contributed by atoms with Crippen LogP contribution in [0.1, 0.15) is 30.2 Å². The summed E-state index contributed by atoms with van der Waals surface area (Å²) in [6, 6.07) is 0. The van der Waals surface area contributed by atoms with Crippen LogP contribution in [0.4, 0.5) is 5.95 Å². The third-order valence-electron chi connectivity index (χ3n) is 4.00. The molecule has 7 nitrogen and oxygen atoms in total. The van der Waals surface area contributed by atoms with E-state index in [2.05, 4.69) is 29.6 Å². The van der Waals surface area contributed by atoms with Crippen LogP contribution >= 0.6 is 0 Å². The number of aryl methyl sites for hydroxylation is 1. The van der Waals surface area contributed by atoms with Crippen LogP contribution in [0.2, 0.25) is 0 Å². The Bertz CT molecular complexity index is 562. The van der Waals surface area contributed by atoms with Crippen molar-refractivity contribution in [2.24, 2.45) is 0 Å². The molecule has 0 fully saturated rings. The van der Waals surface area contributed by atoms with Gasteiger partial charge in [0.2, 0.25) is 5.95 Å². The number of hydrogen-bond donors (Lipinski definition) is 1. The van der Waals surface area contributed by atoms with Gasteiger partial charge in [0.1, 0.15) is 18.3 Å².